The molecule has 0 spiro atoms. The van der Waals surface area contributed by atoms with Crippen LogP contribution in [0.4, 0.5) is 5.69 Å². The van der Waals surface area contributed by atoms with Gasteiger partial charge in [0.05, 0.1) is 0 Å². The molecule has 1 saturated heterocycles. The zero-order valence-electron chi connectivity index (χ0n) is 14.6. The van der Waals surface area contributed by atoms with E-state index in [-0.39, 0.29) is 11.8 Å². The number of anilines is 1. The highest BCUT2D eigenvalue weighted by atomic mass is 35.5. The van der Waals surface area contributed by atoms with Gasteiger partial charge in [-0.05, 0) is 50.1 Å². The summed E-state index contributed by atoms with van der Waals surface area (Å²) in [4.78, 5) is 29.2. The fourth-order valence-corrected chi connectivity index (χ4v) is 3.41. The standard InChI is InChI=1S/C20H21ClN2O2/c1-13-7-4-5-8-16(13)20(25)22-11-12-23(19(24)15(22)3)18-10-6-9-17(21)14(18)2/h4-10,15H,11-12H2,1-3H3. The largest absolute Gasteiger partial charge is 0.325 e. The molecule has 3 rings (SSSR count). The summed E-state index contributed by atoms with van der Waals surface area (Å²) >= 11 is 6.19. The van der Waals surface area contributed by atoms with Gasteiger partial charge in [-0.2, -0.15) is 0 Å². The molecule has 2 aromatic carbocycles. The second-order valence-corrected chi connectivity index (χ2v) is 6.77. The Morgan fingerprint density at radius 2 is 1.80 bits per heavy atom. The number of halogens is 1. The quantitative estimate of drug-likeness (QED) is 0.820. The van der Waals surface area contributed by atoms with Gasteiger partial charge in [0.1, 0.15) is 6.04 Å². The van der Waals surface area contributed by atoms with Crippen molar-refractivity contribution in [3.8, 4) is 0 Å². The van der Waals surface area contributed by atoms with Crippen LogP contribution in [0.3, 0.4) is 0 Å². The zero-order chi connectivity index (χ0) is 18.1. The van der Waals surface area contributed by atoms with E-state index in [1.807, 2.05) is 56.3 Å². The van der Waals surface area contributed by atoms with Crippen LogP contribution in [0.5, 0.6) is 0 Å². The molecular weight excluding hydrogens is 336 g/mol. The van der Waals surface area contributed by atoms with Crippen molar-refractivity contribution in [2.75, 3.05) is 18.0 Å². The molecule has 0 aromatic heterocycles. The lowest BCUT2D eigenvalue weighted by Gasteiger charge is -2.39. The van der Waals surface area contributed by atoms with Gasteiger partial charge >= 0.3 is 0 Å². The number of carbonyl (C=O) groups excluding carboxylic acids is 2. The lowest BCUT2D eigenvalue weighted by atomic mass is 10.0. The number of hydrogen-bond acceptors (Lipinski definition) is 2. The Morgan fingerprint density at radius 1 is 1.08 bits per heavy atom. The van der Waals surface area contributed by atoms with E-state index >= 15 is 0 Å². The SMILES string of the molecule is Cc1ccccc1C(=O)N1CCN(c2cccc(Cl)c2C)C(=O)C1C. The second-order valence-electron chi connectivity index (χ2n) is 6.36. The number of nitrogens with zero attached hydrogens (tertiary/aromatic N) is 2. The first kappa shape index (κ1) is 17.5. The molecule has 1 aliphatic rings. The summed E-state index contributed by atoms with van der Waals surface area (Å²) in [6.07, 6.45) is 0. The Labute approximate surface area is 153 Å². The zero-order valence-corrected chi connectivity index (χ0v) is 15.4. The second kappa shape index (κ2) is 6.89. The highest BCUT2D eigenvalue weighted by molar-refractivity contribution is 6.31. The van der Waals surface area contributed by atoms with Gasteiger partial charge in [-0.25, -0.2) is 0 Å². The van der Waals surface area contributed by atoms with E-state index in [2.05, 4.69) is 0 Å². The lowest BCUT2D eigenvalue weighted by molar-refractivity contribution is -0.124. The molecule has 0 N–H and O–H groups in total. The maximum atomic E-state index is 12.9. The van der Waals surface area contributed by atoms with Crippen LogP contribution in [0, 0.1) is 13.8 Å². The molecule has 5 heteroatoms. The van der Waals surface area contributed by atoms with Gasteiger partial charge in [-0.3, -0.25) is 9.59 Å². The minimum Gasteiger partial charge on any atom is -0.325 e. The first-order chi connectivity index (χ1) is 11.9. The molecule has 0 aliphatic carbocycles. The van der Waals surface area contributed by atoms with Gasteiger partial charge in [0, 0.05) is 29.4 Å². The van der Waals surface area contributed by atoms with Gasteiger partial charge in [0.2, 0.25) is 5.91 Å². The van der Waals surface area contributed by atoms with Crippen LogP contribution in [-0.2, 0) is 4.79 Å². The van der Waals surface area contributed by atoms with Crippen molar-refractivity contribution < 1.29 is 9.59 Å². The third-order valence-electron chi connectivity index (χ3n) is 4.82. The van der Waals surface area contributed by atoms with Crippen LogP contribution < -0.4 is 4.90 Å². The molecule has 0 radical (unpaired) electrons. The van der Waals surface area contributed by atoms with Gasteiger partial charge in [0.15, 0.2) is 0 Å². The summed E-state index contributed by atoms with van der Waals surface area (Å²) in [6, 6.07) is 12.5. The molecular formula is C20H21ClN2O2. The molecule has 2 aromatic rings. The number of aryl methyl sites for hydroxylation is 1. The minimum atomic E-state index is -0.515. The number of piperazine rings is 1. The van der Waals surface area contributed by atoms with Crippen LogP contribution in [0.2, 0.25) is 5.02 Å². The fraction of sp³-hybridized carbons (Fsp3) is 0.300. The van der Waals surface area contributed by atoms with Crippen molar-refractivity contribution in [2.45, 2.75) is 26.8 Å². The van der Waals surface area contributed by atoms with Crippen molar-refractivity contribution >= 4 is 29.1 Å². The lowest BCUT2D eigenvalue weighted by Crippen LogP contribution is -2.58. The van der Waals surface area contributed by atoms with Crippen LogP contribution in [0.15, 0.2) is 42.5 Å². The van der Waals surface area contributed by atoms with Gasteiger partial charge in [-0.15, -0.1) is 0 Å². The van der Waals surface area contributed by atoms with Crippen molar-refractivity contribution in [3.05, 3.63) is 64.2 Å². The predicted octanol–water partition coefficient (Wildman–Crippen LogP) is 3.83. The normalized spacial score (nSPS) is 17.8. The Bertz CT molecular complexity index is 834. The predicted molar refractivity (Wildman–Crippen MR) is 100 cm³/mol. The highest BCUT2D eigenvalue weighted by Crippen LogP contribution is 2.29. The Hall–Kier alpha value is -2.33. The molecule has 1 atom stereocenters. The molecule has 130 valence electrons. The highest BCUT2D eigenvalue weighted by Gasteiger charge is 2.36. The van der Waals surface area contributed by atoms with Crippen molar-refractivity contribution in [3.63, 3.8) is 0 Å². The molecule has 1 fully saturated rings. The maximum absolute atomic E-state index is 12.9. The van der Waals surface area contributed by atoms with Crippen LogP contribution in [-0.4, -0.2) is 35.8 Å². The van der Waals surface area contributed by atoms with Crippen molar-refractivity contribution in [1.29, 1.82) is 0 Å². The summed E-state index contributed by atoms with van der Waals surface area (Å²) in [5.74, 6) is -0.181. The summed E-state index contributed by atoms with van der Waals surface area (Å²) in [6.45, 7) is 6.55. The third-order valence-corrected chi connectivity index (χ3v) is 5.23. The average molecular weight is 357 g/mol. The molecule has 25 heavy (non-hydrogen) atoms. The third kappa shape index (κ3) is 3.14. The monoisotopic (exact) mass is 356 g/mol. The smallest absolute Gasteiger partial charge is 0.254 e. The Kier molecular flexibility index (Phi) is 4.82. The number of amides is 2. The van der Waals surface area contributed by atoms with E-state index in [4.69, 9.17) is 11.6 Å². The average Bonchev–Trinajstić information content (AvgIpc) is 2.60. The fourth-order valence-electron chi connectivity index (χ4n) is 3.24. The number of benzene rings is 2. The Balaban J connectivity index is 1.86. The van der Waals surface area contributed by atoms with Gasteiger partial charge < -0.3 is 9.80 Å². The number of carbonyl (C=O) groups is 2. The van der Waals surface area contributed by atoms with E-state index in [0.717, 1.165) is 16.8 Å². The number of rotatable bonds is 2. The number of hydrogen-bond donors (Lipinski definition) is 0. The summed E-state index contributed by atoms with van der Waals surface area (Å²) in [5, 5.41) is 0.636. The molecule has 0 saturated carbocycles. The van der Waals surface area contributed by atoms with E-state index in [0.29, 0.717) is 23.7 Å². The van der Waals surface area contributed by atoms with Crippen molar-refractivity contribution in [2.24, 2.45) is 0 Å². The summed E-state index contributed by atoms with van der Waals surface area (Å²) in [7, 11) is 0. The van der Waals surface area contributed by atoms with E-state index in [9.17, 15) is 9.59 Å². The maximum Gasteiger partial charge on any atom is 0.254 e. The first-order valence-electron chi connectivity index (χ1n) is 8.35. The van der Waals surface area contributed by atoms with Crippen LogP contribution in [0.1, 0.15) is 28.4 Å². The van der Waals surface area contributed by atoms with Crippen LogP contribution >= 0.6 is 11.6 Å². The van der Waals surface area contributed by atoms with E-state index < -0.39 is 6.04 Å². The Morgan fingerprint density at radius 3 is 2.52 bits per heavy atom. The summed E-state index contributed by atoms with van der Waals surface area (Å²) in [5.41, 5.74) is 3.26. The molecule has 0 bridgehead atoms. The molecule has 1 heterocycles. The minimum absolute atomic E-state index is 0.0847. The molecule has 1 unspecified atom stereocenters. The first-order valence-corrected chi connectivity index (χ1v) is 8.72. The van der Waals surface area contributed by atoms with E-state index in [1.54, 1.807) is 16.7 Å². The molecule has 4 nitrogen and oxygen atoms in total. The summed E-state index contributed by atoms with van der Waals surface area (Å²) < 4.78 is 0. The van der Waals surface area contributed by atoms with Gasteiger partial charge in [0.25, 0.3) is 5.91 Å². The van der Waals surface area contributed by atoms with E-state index in [1.165, 1.54) is 0 Å². The topological polar surface area (TPSA) is 40.6 Å². The molecule has 1 aliphatic heterocycles. The van der Waals surface area contributed by atoms with Crippen molar-refractivity contribution in [1.82, 2.24) is 4.90 Å². The molecule has 2 amide bonds. The van der Waals surface area contributed by atoms with Crippen LogP contribution in [0.25, 0.3) is 0 Å². The van der Waals surface area contributed by atoms with Gasteiger partial charge in [-0.1, -0.05) is 35.9 Å².